The second kappa shape index (κ2) is 11.4. The number of sulfone groups is 1. The third-order valence-electron chi connectivity index (χ3n) is 4.98. The van der Waals surface area contributed by atoms with Crippen molar-refractivity contribution in [3.63, 3.8) is 0 Å². The molecule has 1 aliphatic heterocycles. The molecule has 1 aliphatic rings. The highest BCUT2D eigenvalue weighted by Crippen LogP contribution is 2.12. The predicted molar refractivity (Wildman–Crippen MR) is 117 cm³/mol. The minimum atomic E-state index is -3.14. The van der Waals surface area contributed by atoms with Gasteiger partial charge in [-0.1, -0.05) is 25.5 Å². The monoisotopic (exact) mass is 408 g/mol. The first-order valence-electron chi connectivity index (χ1n) is 10.4. The summed E-state index contributed by atoms with van der Waals surface area (Å²) in [5.74, 6) is 1.39. The van der Waals surface area contributed by atoms with Gasteiger partial charge in [-0.25, -0.2) is 8.42 Å². The van der Waals surface area contributed by atoms with Crippen LogP contribution in [0, 0.1) is 5.92 Å². The molecule has 1 saturated heterocycles. The fraction of sp³-hybridized carbons (Fsp3) is 0.667. The number of piperidine rings is 1. The minimum absolute atomic E-state index is 0.363. The zero-order chi connectivity index (χ0) is 20.4. The molecule has 2 rings (SSSR count). The fourth-order valence-corrected chi connectivity index (χ4v) is 4.09. The van der Waals surface area contributed by atoms with E-state index in [9.17, 15) is 8.42 Å². The summed E-state index contributed by atoms with van der Waals surface area (Å²) in [5.41, 5.74) is 1.11. The first kappa shape index (κ1) is 22.7. The number of nitrogens with one attached hydrogen (secondary N) is 2. The molecule has 1 aromatic carbocycles. The van der Waals surface area contributed by atoms with E-state index in [1.54, 1.807) is 12.1 Å². The Morgan fingerprint density at radius 3 is 2.43 bits per heavy atom. The van der Waals surface area contributed by atoms with Gasteiger partial charge < -0.3 is 15.5 Å². The average molecular weight is 409 g/mol. The van der Waals surface area contributed by atoms with Crippen molar-refractivity contribution in [2.75, 3.05) is 45.5 Å². The molecule has 28 heavy (non-hydrogen) atoms. The van der Waals surface area contributed by atoms with Crippen LogP contribution in [0.2, 0.25) is 0 Å². The number of likely N-dealkylation sites (tertiary alicyclic amines) is 1. The molecule has 0 spiro atoms. The quantitative estimate of drug-likeness (QED) is 0.485. The normalized spacial score (nSPS) is 17.3. The molecule has 6 nitrogen and oxygen atoms in total. The molecule has 158 valence electrons. The van der Waals surface area contributed by atoms with Crippen LogP contribution in [-0.4, -0.2) is 64.8 Å². The maximum atomic E-state index is 11.5. The molecular formula is C21H36N4O2S. The van der Waals surface area contributed by atoms with Gasteiger partial charge in [-0.05, 0) is 62.9 Å². The number of hydrogen-bond donors (Lipinski definition) is 2. The van der Waals surface area contributed by atoms with Gasteiger partial charge in [0.1, 0.15) is 0 Å². The molecule has 7 heteroatoms. The number of aliphatic imine (C=N–C) groups is 1. The lowest BCUT2D eigenvalue weighted by Gasteiger charge is -2.28. The lowest BCUT2D eigenvalue weighted by Crippen LogP contribution is -2.39. The van der Waals surface area contributed by atoms with Crippen molar-refractivity contribution in [1.82, 2.24) is 15.5 Å². The molecule has 0 bridgehead atoms. The fourth-order valence-electron chi connectivity index (χ4n) is 3.46. The molecule has 0 saturated carbocycles. The van der Waals surface area contributed by atoms with Gasteiger partial charge >= 0.3 is 0 Å². The zero-order valence-corrected chi connectivity index (χ0v) is 18.4. The molecule has 0 aromatic heterocycles. The summed E-state index contributed by atoms with van der Waals surface area (Å²) < 4.78 is 23.1. The topological polar surface area (TPSA) is 73.8 Å². The van der Waals surface area contributed by atoms with Crippen molar-refractivity contribution in [3.05, 3.63) is 29.8 Å². The van der Waals surface area contributed by atoms with Gasteiger partial charge in [0.15, 0.2) is 15.8 Å². The van der Waals surface area contributed by atoms with Gasteiger partial charge in [-0.3, -0.25) is 4.99 Å². The van der Waals surface area contributed by atoms with Crippen LogP contribution in [0.25, 0.3) is 0 Å². The summed E-state index contributed by atoms with van der Waals surface area (Å²) in [6, 6.07) is 7.10. The Labute approximate surface area is 170 Å². The third kappa shape index (κ3) is 8.19. The van der Waals surface area contributed by atoms with Gasteiger partial charge in [-0.15, -0.1) is 0 Å². The number of benzene rings is 1. The summed E-state index contributed by atoms with van der Waals surface area (Å²) in [4.78, 5) is 7.67. The molecule has 1 unspecified atom stereocenters. The van der Waals surface area contributed by atoms with Crippen molar-refractivity contribution < 1.29 is 8.42 Å². The first-order valence-corrected chi connectivity index (χ1v) is 12.3. The molecule has 1 aromatic rings. The number of guanidine groups is 1. The van der Waals surface area contributed by atoms with Crippen LogP contribution in [0.4, 0.5) is 0 Å². The predicted octanol–water partition coefficient (Wildman–Crippen LogP) is 2.31. The Morgan fingerprint density at radius 2 is 1.82 bits per heavy atom. The SMILES string of the molecule is CCNC(=NCC(C)CN1CCCCC1)NCCc1ccc(S(C)(=O)=O)cc1. The zero-order valence-electron chi connectivity index (χ0n) is 17.6. The van der Waals surface area contributed by atoms with Crippen molar-refractivity contribution in [1.29, 1.82) is 0 Å². The van der Waals surface area contributed by atoms with E-state index in [-0.39, 0.29) is 0 Å². The van der Waals surface area contributed by atoms with Crippen LogP contribution >= 0.6 is 0 Å². The molecule has 0 radical (unpaired) electrons. The Hall–Kier alpha value is -1.60. The van der Waals surface area contributed by atoms with Gasteiger partial charge in [0.2, 0.25) is 0 Å². The highest BCUT2D eigenvalue weighted by Gasteiger charge is 2.13. The van der Waals surface area contributed by atoms with Crippen LogP contribution in [0.1, 0.15) is 38.7 Å². The van der Waals surface area contributed by atoms with Crippen LogP contribution in [0.15, 0.2) is 34.2 Å². The van der Waals surface area contributed by atoms with Crippen LogP contribution in [0.5, 0.6) is 0 Å². The standard InChI is InChI=1S/C21H36N4O2S/c1-4-22-21(24-16-18(2)17-25-14-6-5-7-15-25)23-13-12-19-8-10-20(11-9-19)28(3,26)27/h8-11,18H,4-7,12-17H2,1-3H3,(H2,22,23,24). The van der Waals surface area contributed by atoms with Crippen LogP contribution in [0.3, 0.4) is 0 Å². The van der Waals surface area contributed by atoms with E-state index in [0.717, 1.165) is 44.1 Å². The molecule has 1 fully saturated rings. The maximum Gasteiger partial charge on any atom is 0.191 e. The van der Waals surface area contributed by atoms with Crippen LogP contribution < -0.4 is 10.6 Å². The van der Waals surface area contributed by atoms with Gasteiger partial charge in [0.25, 0.3) is 0 Å². The average Bonchev–Trinajstić information content (AvgIpc) is 2.66. The first-order chi connectivity index (χ1) is 13.4. The third-order valence-corrected chi connectivity index (χ3v) is 6.11. The van der Waals surface area contributed by atoms with E-state index in [0.29, 0.717) is 10.8 Å². The molecular weight excluding hydrogens is 372 g/mol. The van der Waals surface area contributed by atoms with E-state index in [2.05, 4.69) is 29.4 Å². The number of rotatable bonds is 9. The van der Waals surface area contributed by atoms with Crippen molar-refractivity contribution in [3.8, 4) is 0 Å². The second-order valence-corrected chi connectivity index (χ2v) is 9.79. The van der Waals surface area contributed by atoms with Crippen LogP contribution in [-0.2, 0) is 16.3 Å². The Balaban J connectivity index is 1.78. The summed E-state index contributed by atoms with van der Waals surface area (Å²) in [5, 5.41) is 6.68. The summed E-state index contributed by atoms with van der Waals surface area (Å²) in [6.45, 7) is 10.3. The Kier molecular flexibility index (Phi) is 9.25. The van der Waals surface area contributed by atoms with E-state index in [1.807, 2.05) is 12.1 Å². The highest BCUT2D eigenvalue weighted by atomic mass is 32.2. The summed E-state index contributed by atoms with van der Waals surface area (Å²) >= 11 is 0. The van der Waals surface area contributed by atoms with Crippen molar-refractivity contribution in [2.24, 2.45) is 10.9 Å². The number of hydrogen-bond acceptors (Lipinski definition) is 4. The van der Waals surface area contributed by atoms with E-state index >= 15 is 0 Å². The molecule has 1 atom stereocenters. The largest absolute Gasteiger partial charge is 0.357 e. The highest BCUT2D eigenvalue weighted by molar-refractivity contribution is 7.90. The second-order valence-electron chi connectivity index (χ2n) is 7.78. The van der Waals surface area contributed by atoms with E-state index in [1.165, 1.54) is 38.6 Å². The Bertz CT molecular complexity index is 710. The summed E-state index contributed by atoms with van der Waals surface area (Å²) in [7, 11) is -3.14. The van der Waals surface area contributed by atoms with Gasteiger partial charge in [0, 0.05) is 32.4 Å². The molecule has 2 N–H and O–H groups in total. The van der Waals surface area contributed by atoms with E-state index < -0.39 is 9.84 Å². The Morgan fingerprint density at radius 1 is 1.14 bits per heavy atom. The van der Waals surface area contributed by atoms with Crippen molar-refractivity contribution in [2.45, 2.75) is 44.4 Å². The molecule has 1 heterocycles. The number of nitrogens with zero attached hydrogens (tertiary/aromatic N) is 2. The maximum absolute atomic E-state index is 11.5. The summed E-state index contributed by atoms with van der Waals surface area (Å²) in [6.07, 6.45) is 6.07. The molecule has 0 amide bonds. The van der Waals surface area contributed by atoms with Gasteiger partial charge in [-0.2, -0.15) is 0 Å². The smallest absolute Gasteiger partial charge is 0.191 e. The lowest BCUT2D eigenvalue weighted by atomic mass is 10.1. The van der Waals surface area contributed by atoms with E-state index in [4.69, 9.17) is 4.99 Å². The van der Waals surface area contributed by atoms with Crippen molar-refractivity contribution >= 4 is 15.8 Å². The molecule has 0 aliphatic carbocycles. The lowest BCUT2D eigenvalue weighted by molar-refractivity contribution is 0.203. The minimum Gasteiger partial charge on any atom is -0.357 e. The van der Waals surface area contributed by atoms with Gasteiger partial charge in [0.05, 0.1) is 4.90 Å².